The first-order valence-corrected chi connectivity index (χ1v) is 3.43. The molecule has 0 aromatic carbocycles. The van der Waals surface area contributed by atoms with Crippen molar-refractivity contribution >= 4 is 6.03 Å². The first-order valence-electron chi connectivity index (χ1n) is 3.43. The standard InChI is InChI=1S/C6H11FN2O/c7-2-5-9-4-1-3-8-6(9)10/h1-5H2,(H,8,10). The molecule has 0 aliphatic carbocycles. The first-order chi connectivity index (χ1) is 4.84. The SMILES string of the molecule is O=C1NCCCN1CCF. The van der Waals surface area contributed by atoms with Gasteiger partial charge in [-0.15, -0.1) is 0 Å². The van der Waals surface area contributed by atoms with Gasteiger partial charge in [-0.25, -0.2) is 9.18 Å². The molecular formula is C6H11FN2O. The Labute approximate surface area is 59.2 Å². The summed E-state index contributed by atoms with van der Waals surface area (Å²) >= 11 is 0. The average Bonchev–Trinajstić information content (AvgIpc) is 1.94. The Bertz CT molecular complexity index is 127. The summed E-state index contributed by atoms with van der Waals surface area (Å²) in [4.78, 5) is 12.3. The molecule has 0 bridgehead atoms. The molecule has 0 spiro atoms. The molecule has 0 aromatic rings. The first kappa shape index (κ1) is 7.31. The Morgan fingerprint density at radius 3 is 3.10 bits per heavy atom. The molecule has 4 heteroatoms. The summed E-state index contributed by atoms with van der Waals surface area (Å²) in [6.45, 7) is 1.19. The largest absolute Gasteiger partial charge is 0.338 e. The van der Waals surface area contributed by atoms with Gasteiger partial charge in [0.25, 0.3) is 0 Å². The third-order valence-corrected chi connectivity index (χ3v) is 1.52. The molecule has 1 heterocycles. The van der Waals surface area contributed by atoms with E-state index in [1.165, 1.54) is 4.90 Å². The Hall–Kier alpha value is -0.800. The maximum atomic E-state index is 11.7. The lowest BCUT2D eigenvalue weighted by molar-refractivity contribution is 0.181. The van der Waals surface area contributed by atoms with Crippen LogP contribution in [0.25, 0.3) is 0 Å². The van der Waals surface area contributed by atoms with Crippen LogP contribution < -0.4 is 5.32 Å². The number of hydrogen-bond acceptors (Lipinski definition) is 1. The minimum atomic E-state index is -0.451. The van der Waals surface area contributed by atoms with Gasteiger partial charge in [0.2, 0.25) is 0 Å². The topological polar surface area (TPSA) is 32.3 Å². The van der Waals surface area contributed by atoms with Crippen molar-refractivity contribution in [3.63, 3.8) is 0 Å². The number of carbonyl (C=O) groups excluding carboxylic acids is 1. The summed E-state index contributed by atoms with van der Waals surface area (Å²) in [6.07, 6.45) is 0.922. The van der Waals surface area contributed by atoms with Gasteiger partial charge in [0.15, 0.2) is 0 Å². The van der Waals surface area contributed by atoms with Crippen LogP contribution in [0.1, 0.15) is 6.42 Å². The third kappa shape index (κ3) is 1.59. The van der Waals surface area contributed by atoms with Crippen LogP contribution in [0.4, 0.5) is 9.18 Å². The molecule has 58 valence electrons. The van der Waals surface area contributed by atoms with E-state index in [0.29, 0.717) is 6.54 Å². The highest BCUT2D eigenvalue weighted by atomic mass is 19.1. The van der Waals surface area contributed by atoms with Gasteiger partial charge in [-0.3, -0.25) is 0 Å². The molecule has 0 unspecified atom stereocenters. The van der Waals surface area contributed by atoms with E-state index in [-0.39, 0.29) is 12.6 Å². The Kier molecular flexibility index (Phi) is 2.48. The predicted molar refractivity (Wildman–Crippen MR) is 35.6 cm³/mol. The van der Waals surface area contributed by atoms with Crippen molar-refractivity contribution < 1.29 is 9.18 Å². The highest BCUT2D eigenvalue weighted by Crippen LogP contribution is 1.97. The highest BCUT2D eigenvalue weighted by molar-refractivity contribution is 5.74. The lowest BCUT2D eigenvalue weighted by Gasteiger charge is -2.26. The van der Waals surface area contributed by atoms with Crippen molar-refractivity contribution in [3.05, 3.63) is 0 Å². The normalized spacial score (nSPS) is 18.9. The molecule has 3 nitrogen and oxygen atoms in total. The van der Waals surface area contributed by atoms with E-state index in [0.717, 1.165) is 13.0 Å². The van der Waals surface area contributed by atoms with E-state index in [1.54, 1.807) is 0 Å². The van der Waals surface area contributed by atoms with Crippen LogP contribution in [0.2, 0.25) is 0 Å². The molecule has 1 saturated heterocycles. The number of urea groups is 1. The zero-order chi connectivity index (χ0) is 7.40. The minimum Gasteiger partial charge on any atom is -0.338 e. The van der Waals surface area contributed by atoms with Crippen LogP contribution in [-0.4, -0.2) is 37.2 Å². The lowest BCUT2D eigenvalue weighted by Crippen LogP contribution is -2.47. The van der Waals surface area contributed by atoms with Crippen molar-refractivity contribution in [2.24, 2.45) is 0 Å². The number of alkyl halides is 1. The molecular weight excluding hydrogens is 135 g/mol. The van der Waals surface area contributed by atoms with Gasteiger partial charge in [0.1, 0.15) is 6.67 Å². The number of rotatable bonds is 2. The Morgan fingerprint density at radius 1 is 1.70 bits per heavy atom. The van der Waals surface area contributed by atoms with Crippen LogP contribution in [0.15, 0.2) is 0 Å². The molecule has 0 atom stereocenters. The molecule has 2 amide bonds. The van der Waals surface area contributed by atoms with Crippen LogP contribution >= 0.6 is 0 Å². The van der Waals surface area contributed by atoms with Gasteiger partial charge in [-0.1, -0.05) is 0 Å². The number of amides is 2. The van der Waals surface area contributed by atoms with E-state index >= 15 is 0 Å². The van der Waals surface area contributed by atoms with Crippen molar-refractivity contribution in [1.82, 2.24) is 10.2 Å². The number of carbonyl (C=O) groups is 1. The van der Waals surface area contributed by atoms with Crippen LogP contribution in [0.3, 0.4) is 0 Å². The van der Waals surface area contributed by atoms with E-state index in [4.69, 9.17) is 0 Å². The summed E-state index contributed by atoms with van der Waals surface area (Å²) in [5, 5.41) is 2.64. The summed E-state index contributed by atoms with van der Waals surface area (Å²) in [5.74, 6) is 0. The molecule has 1 fully saturated rings. The van der Waals surface area contributed by atoms with Gasteiger partial charge < -0.3 is 10.2 Å². The van der Waals surface area contributed by atoms with Gasteiger partial charge >= 0.3 is 6.03 Å². The van der Waals surface area contributed by atoms with Gasteiger partial charge in [0, 0.05) is 13.1 Å². The van der Waals surface area contributed by atoms with E-state index in [1.807, 2.05) is 0 Å². The maximum Gasteiger partial charge on any atom is 0.317 e. The molecule has 1 aliphatic rings. The fraction of sp³-hybridized carbons (Fsp3) is 0.833. The van der Waals surface area contributed by atoms with Crippen LogP contribution in [-0.2, 0) is 0 Å². The summed E-state index contributed by atoms with van der Waals surface area (Å²) in [7, 11) is 0. The molecule has 1 rings (SSSR count). The van der Waals surface area contributed by atoms with Crippen molar-refractivity contribution in [3.8, 4) is 0 Å². The molecule has 0 radical (unpaired) electrons. The zero-order valence-corrected chi connectivity index (χ0v) is 5.77. The smallest absolute Gasteiger partial charge is 0.317 e. The van der Waals surface area contributed by atoms with Crippen molar-refractivity contribution in [2.75, 3.05) is 26.3 Å². The fourth-order valence-electron chi connectivity index (χ4n) is 0.994. The Balaban J connectivity index is 2.32. The number of halogens is 1. The predicted octanol–water partition coefficient (Wildman–Crippen LogP) is 0.371. The van der Waals surface area contributed by atoms with Crippen molar-refractivity contribution in [2.45, 2.75) is 6.42 Å². The lowest BCUT2D eigenvalue weighted by atomic mass is 10.3. The Morgan fingerprint density at radius 2 is 2.50 bits per heavy atom. The average molecular weight is 146 g/mol. The molecule has 1 N–H and O–H groups in total. The quantitative estimate of drug-likeness (QED) is 0.599. The van der Waals surface area contributed by atoms with E-state index in [9.17, 15) is 9.18 Å². The molecule has 10 heavy (non-hydrogen) atoms. The number of hydrogen-bond donors (Lipinski definition) is 1. The number of nitrogens with one attached hydrogen (secondary N) is 1. The van der Waals surface area contributed by atoms with Gasteiger partial charge in [0.05, 0.1) is 6.54 Å². The highest BCUT2D eigenvalue weighted by Gasteiger charge is 2.15. The monoisotopic (exact) mass is 146 g/mol. The van der Waals surface area contributed by atoms with Crippen LogP contribution in [0.5, 0.6) is 0 Å². The van der Waals surface area contributed by atoms with E-state index < -0.39 is 6.67 Å². The second-order valence-corrected chi connectivity index (χ2v) is 2.26. The molecule has 0 aromatic heterocycles. The van der Waals surface area contributed by atoms with Gasteiger partial charge in [-0.05, 0) is 6.42 Å². The molecule has 0 saturated carbocycles. The maximum absolute atomic E-state index is 11.7. The summed E-state index contributed by atoms with van der Waals surface area (Å²) in [5.41, 5.74) is 0. The third-order valence-electron chi connectivity index (χ3n) is 1.52. The minimum absolute atomic E-state index is 0.135. The summed E-state index contributed by atoms with van der Waals surface area (Å²) in [6, 6.07) is -0.135. The second-order valence-electron chi connectivity index (χ2n) is 2.26. The number of nitrogens with zero attached hydrogens (tertiary/aromatic N) is 1. The second kappa shape index (κ2) is 3.39. The van der Waals surface area contributed by atoms with E-state index in [2.05, 4.69) is 5.32 Å². The van der Waals surface area contributed by atoms with Crippen molar-refractivity contribution in [1.29, 1.82) is 0 Å². The molecule has 1 aliphatic heterocycles. The van der Waals surface area contributed by atoms with Gasteiger partial charge in [-0.2, -0.15) is 0 Å². The van der Waals surface area contributed by atoms with Crippen LogP contribution in [0, 0.1) is 0 Å². The summed E-state index contributed by atoms with van der Waals surface area (Å²) < 4.78 is 11.7. The zero-order valence-electron chi connectivity index (χ0n) is 5.77. The fourth-order valence-corrected chi connectivity index (χ4v) is 0.994.